The van der Waals surface area contributed by atoms with Gasteiger partial charge in [-0.05, 0) is 30.7 Å². The molecule has 0 saturated carbocycles. The summed E-state index contributed by atoms with van der Waals surface area (Å²) >= 11 is 6.00. The Bertz CT molecular complexity index is 508. The second kappa shape index (κ2) is 5.72. The number of carbonyl (C=O) groups excluding carboxylic acids is 1. The zero-order chi connectivity index (χ0) is 14.1. The molecule has 5 heteroatoms. The third kappa shape index (κ3) is 2.68. The molecule has 108 valence electrons. The molecule has 1 N–H and O–H groups in total. The lowest BCUT2D eigenvalue weighted by Crippen LogP contribution is -2.63. The van der Waals surface area contributed by atoms with Crippen molar-refractivity contribution in [1.29, 1.82) is 0 Å². The number of piperazine rings is 1. The molecule has 0 radical (unpaired) electrons. The van der Waals surface area contributed by atoms with Gasteiger partial charge >= 0.3 is 0 Å². The van der Waals surface area contributed by atoms with Crippen molar-refractivity contribution in [3.8, 4) is 0 Å². The lowest BCUT2D eigenvalue weighted by atomic mass is 10.0. The normalized spacial score (nSPS) is 20.8. The molecule has 0 spiro atoms. The van der Waals surface area contributed by atoms with E-state index in [2.05, 4.69) is 10.2 Å². The molecule has 1 aromatic carbocycles. The van der Waals surface area contributed by atoms with E-state index in [1.54, 1.807) is 6.07 Å². The molecule has 1 aromatic rings. The van der Waals surface area contributed by atoms with Crippen LogP contribution in [0.15, 0.2) is 18.2 Å². The average Bonchev–Trinajstić information content (AvgIpc) is 2.41. The van der Waals surface area contributed by atoms with Crippen molar-refractivity contribution >= 4 is 17.5 Å². The van der Waals surface area contributed by atoms with Crippen LogP contribution in [0.4, 0.5) is 0 Å². The molecule has 0 atom stereocenters. The molecule has 20 heavy (non-hydrogen) atoms. The van der Waals surface area contributed by atoms with Crippen LogP contribution in [0.25, 0.3) is 0 Å². The number of halogens is 1. The van der Waals surface area contributed by atoms with E-state index in [0.717, 1.165) is 50.4 Å². The summed E-state index contributed by atoms with van der Waals surface area (Å²) in [5, 5.41) is 4.07. The fourth-order valence-corrected chi connectivity index (χ4v) is 2.98. The largest absolute Gasteiger partial charge is 0.335 e. The van der Waals surface area contributed by atoms with Crippen LogP contribution in [-0.4, -0.2) is 61.0 Å². The van der Waals surface area contributed by atoms with Crippen LogP contribution in [0.5, 0.6) is 0 Å². The van der Waals surface area contributed by atoms with E-state index in [0.29, 0.717) is 11.1 Å². The summed E-state index contributed by atoms with van der Waals surface area (Å²) in [4.78, 5) is 16.8. The Hall–Kier alpha value is -1.10. The van der Waals surface area contributed by atoms with E-state index in [9.17, 15) is 4.79 Å². The van der Waals surface area contributed by atoms with Crippen LogP contribution in [0.3, 0.4) is 0 Å². The van der Waals surface area contributed by atoms with Gasteiger partial charge in [-0.1, -0.05) is 11.6 Å². The van der Waals surface area contributed by atoms with Gasteiger partial charge in [-0.3, -0.25) is 9.69 Å². The molecule has 0 aliphatic carbocycles. The monoisotopic (exact) mass is 293 g/mol. The Kier molecular flexibility index (Phi) is 3.96. The number of benzene rings is 1. The summed E-state index contributed by atoms with van der Waals surface area (Å²) in [6.45, 7) is 7.92. The van der Waals surface area contributed by atoms with E-state index in [-0.39, 0.29) is 5.91 Å². The fraction of sp³-hybridized carbons (Fsp3) is 0.533. The van der Waals surface area contributed by atoms with Gasteiger partial charge in [0.25, 0.3) is 5.91 Å². The number of hydrogen-bond acceptors (Lipinski definition) is 3. The Labute approximate surface area is 124 Å². The van der Waals surface area contributed by atoms with E-state index >= 15 is 0 Å². The molecule has 2 heterocycles. The van der Waals surface area contributed by atoms with Crippen molar-refractivity contribution in [1.82, 2.24) is 15.1 Å². The predicted octanol–water partition coefficient (Wildman–Crippen LogP) is 1.38. The van der Waals surface area contributed by atoms with Crippen molar-refractivity contribution < 1.29 is 4.79 Å². The van der Waals surface area contributed by atoms with Crippen LogP contribution < -0.4 is 5.32 Å². The second-order valence-electron chi connectivity index (χ2n) is 5.61. The first-order valence-electron chi connectivity index (χ1n) is 7.15. The van der Waals surface area contributed by atoms with E-state index in [4.69, 9.17) is 11.6 Å². The Morgan fingerprint density at radius 2 is 2.00 bits per heavy atom. The van der Waals surface area contributed by atoms with Crippen molar-refractivity contribution in [3.05, 3.63) is 34.3 Å². The first-order valence-corrected chi connectivity index (χ1v) is 7.53. The van der Waals surface area contributed by atoms with E-state index in [1.165, 1.54) is 0 Å². The molecule has 0 bridgehead atoms. The summed E-state index contributed by atoms with van der Waals surface area (Å²) < 4.78 is 0. The van der Waals surface area contributed by atoms with Gasteiger partial charge in [0.2, 0.25) is 0 Å². The Morgan fingerprint density at radius 1 is 1.30 bits per heavy atom. The molecule has 3 rings (SSSR count). The summed E-state index contributed by atoms with van der Waals surface area (Å²) in [7, 11) is 0. The number of carbonyl (C=O) groups is 1. The standard InChI is InChI=1S/C15H20ClN3O/c1-11-8-12(2-3-14(11)16)15(20)19-9-13(10-19)18-6-4-17-5-7-18/h2-3,8,13,17H,4-7,9-10H2,1H3. The van der Waals surface area contributed by atoms with E-state index < -0.39 is 0 Å². The predicted molar refractivity (Wildman–Crippen MR) is 80.3 cm³/mol. The highest BCUT2D eigenvalue weighted by Crippen LogP contribution is 2.21. The van der Waals surface area contributed by atoms with E-state index in [1.807, 2.05) is 24.0 Å². The smallest absolute Gasteiger partial charge is 0.253 e. The Morgan fingerprint density at radius 3 is 2.65 bits per heavy atom. The first kappa shape index (κ1) is 13.9. The minimum atomic E-state index is 0.121. The van der Waals surface area contributed by atoms with Crippen molar-refractivity contribution in [2.45, 2.75) is 13.0 Å². The second-order valence-corrected chi connectivity index (χ2v) is 6.02. The van der Waals surface area contributed by atoms with Crippen LogP contribution in [0.1, 0.15) is 15.9 Å². The molecule has 2 aliphatic heterocycles. The van der Waals surface area contributed by atoms with Crippen molar-refractivity contribution in [2.75, 3.05) is 39.3 Å². The number of nitrogens with zero attached hydrogens (tertiary/aromatic N) is 2. The van der Waals surface area contributed by atoms with Gasteiger partial charge in [0.15, 0.2) is 0 Å². The topological polar surface area (TPSA) is 35.6 Å². The molecule has 2 saturated heterocycles. The third-order valence-electron chi connectivity index (χ3n) is 4.22. The van der Waals surface area contributed by atoms with Crippen molar-refractivity contribution in [2.24, 2.45) is 0 Å². The van der Waals surface area contributed by atoms with Gasteiger partial charge in [0.1, 0.15) is 0 Å². The van der Waals surface area contributed by atoms with Gasteiger partial charge < -0.3 is 10.2 Å². The zero-order valence-electron chi connectivity index (χ0n) is 11.7. The summed E-state index contributed by atoms with van der Waals surface area (Å²) in [5.74, 6) is 0.121. The number of aryl methyl sites for hydroxylation is 1. The lowest BCUT2D eigenvalue weighted by molar-refractivity contribution is 0.0227. The number of nitrogens with one attached hydrogen (secondary N) is 1. The number of rotatable bonds is 2. The number of hydrogen-bond donors (Lipinski definition) is 1. The third-order valence-corrected chi connectivity index (χ3v) is 4.65. The molecule has 4 nitrogen and oxygen atoms in total. The molecule has 1 amide bonds. The number of amides is 1. The van der Waals surface area contributed by atoms with Crippen LogP contribution >= 0.6 is 11.6 Å². The highest BCUT2D eigenvalue weighted by molar-refractivity contribution is 6.31. The summed E-state index contributed by atoms with van der Waals surface area (Å²) in [6, 6.07) is 6.03. The molecule has 2 aliphatic rings. The van der Waals surface area contributed by atoms with Crippen LogP contribution in [0, 0.1) is 6.92 Å². The summed E-state index contributed by atoms with van der Waals surface area (Å²) in [5.41, 5.74) is 1.70. The maximum absolute atomic E-state index is 12.4. The van der Waals surface area contributed by atoms with Crippen LogP contribution in [-0.2, 0) is 0 Å². The molecular formula is C15H20ClN3O. The van der Waals surface area contributed by atoms with Crippen molar-refractivity contribution in [3.63, 3.8) is 0 Å². The minimum Gasteiger partial charge on any atom is -0.335 e. The minimum absolute atomic E-state index is 0.121. The molecular weight excluding hydrogens is 274 g/mol. The van der Waals surface area contributed by atoms with Gasteiger partial charge in [0, 0.05) is 55.9 Å². The average molecular weight is 294 g/mol. The maximum Gasteiger partial charge on any atom is 0.253 e. The quantitative estimate of drug-likeness (QED) is 0.895. The highest BCUT2D eigenvalue weighted by atomic mass is 35.5. The maximum atomic E-state index is 12.4. The summed E-state index contributed by atoms with van der Waals surface area (Å²) in [6.07, 6.45) is 0. The lowest BCUT2D eigenvalue weighted by Gasteiger charge is -2.46. The number of likely N-dealkylation sites (tertiary alicyclic amines) is 1. The highest BCUT2D eigenvalue weighted by Gasteiger charge is 2.35. The van der Waals surface area contributed by atoms with Gasteiger partial charge in [-0.15, -0.1) is 0 Å². The van der Waals surface area contributed by atoms with Gasteiger partial charge in [-0.25, -0.2) is 0 Å². The Balaban J connectivity index is 1.58. The first-order chi connectivity index (χ1) is 9.65. The zero-order valence-corrected chi connectivity index (χ0v) is 12.5. The van der Waals surface area contributed by atoms with Crippen LogP contribution in [0.2, 0.25) is 5.02 Å². The molecule has 2 fully saturated rings. The SMILES string of the molecule is Cc1cc(C(=O)N2CC(N3CCNCC3)C2)ccc1Cl. The van der Waals surface area contributed by atoms with Gasteiger partial charge in [-0.2, -0.15) is 0 Å². The van der Waals surface area contributed by atoms with Gasteiger partial charge in [0.05, 0.1) is 0 Å². The fourth-order valence-electron chi connectivity index (χ4n) is 2.86. The molecule has 0 aromatic heterocycles. The molecule has 0 unspecified atom stereocenters.